The van der Waals surface area contributed by atoms with Gasteiger partial charge >= 0.3 is 0 Å². The Kier molecular flexibility index (Phi) is 6.14. The number of hydrogen-bond acceptors (Lipinski definition) is 8. The molecule has 1 N–H and O–H groups in total. The summed E-state index contributed by atoms with van der Waals surface area (Å²) in [6.45, 7) is 4.77. The van der Waals surface area contributed by atoms with Gasteiger partial charge in [-0.2, -0.15) is 15.1 Å². The molecule has 4 heterocycles. The second-order valence-electron chi connectivity index (χ2n) is 9.74. The first-order valence-electron chi connectivity index (χ1n) is 12.6. The Balaban J connectivity index is 1.22. The van der Waals surface area contributed by atoms with Crippen molar-refractivity contribution in [1.29, 1.82) is 0 Å². The number of halogens is 1. The van der Waals surface area contributed by atoms with Crippen LogP contribution in [0.1, 0.15) is 42.0 Å². The number of carbonyl (C=O) groups is 1. The van der Waals surface area contributed by atoms with E-state index in [2.05, 4.69) is 20.4 Å². The maximum atomic E-state index is 13.1. The van der Waals surface area contributed by atoms with Crippen molar-refractivity contribution in [1.82, 2.24) is 24.8 Å². The molecule has 36 heavy (non-hydrogen) atoms. The standard InChI is InChI=1S/C26H30FN7O2/c1-17-19(14-33-10-2-12-36-33)15-34(31-17)24-7-9-28-26(30-24)29-20-5-6-23-21(13-20)22(16-32(23)11-8-27)25(35)18-3-4-18/h5-7,9,13,15,18,22H,2-4,8,10-12,14,16H2,1H3,(H,28,29,30). The summed E-state index contributed by atoms with van der Waals surface area (Å²) in [5.74, 6) is 1.31. The van der Waals surface area contributed by atoms with Crippen molar-refractivity contribution in [2.24, 2.45) is 5.92 Å². The lowest BCUT2D eigenvalue weighted by Gasteiger charge is -2.17. The first kappa shape index (κ1) is 23.1. The number of carbonyl (C=O) groups excluding carboxylic acids is 1. The monoisotopic (exact) mass is 491 g/mol. The second kappa shape index (κ2) is 9.59. The van der Waals surface area contributed by atoms with Gasteiger partial charge in [-0.25, -0.2) is 14.1 Å². The summed E-state index contributed by atoms with van der Waals surface area (Å²) in [6.07, 6.45) is 6.64. The lowest BCUT2D eigenvalue weighted by Crippen LogP contribution is -2.27. The highest BCUT2D eigenvalue weighted by molar-refractivity contribution is 5.94. The van der Waals surface area contributed by atoms with E-state index in [1.165, 1.54) is 0 Å². The third-order valence-electron chi connectivity index (χ3n) is 7.13. The molecule has 1 aromatic carbocycles. The molecule has 3 aromatic rings. The van der Waals surface area contributed by atoms with Crippen LogP contribution in [0.25, 0.3) is 5.82 Å². The first-order chi connectivity index (χ1) is 17.6. The van der Waals surface area contributed by atoms with Gasteiger partial charge in [0.1, 0.15) is 12.5 Å². The molecule has 0 bridgehead atoms. The Morgan fingerprint density at radius 1 is 1.28 bits per heavy atom. The van der Waals surface area contributed by atoms with E-state index in [0.717, 1.165) is 60.6 Å². The highest BCUT2D eigenvalue weighted by Crippen LogP contribution is 2.43. The Labute approximate surface area is 209 Å². The van der Waals surface area contributed by atoms with E-state index in [4.69, 9.17) is 4.84 Å². The van der Waals surface area contributed by atoms with E-state index in [0.29, 0.717) is 31.4 Å². The maximum absolute atomic E-state index is 13.1. The van der Waals surface area contributed by atoms with Gasteiger partial charge in [-0.05, 0) is 49.9 Å². The number of aromatic nitrogens is 4. The zero-order valence-electron chi connectivity index (χ0n) is 20.4. The van der Waals surface area contributed by atoms with Crippen molar-refractivity contribution in [3.63, 3.8) is 0 Å². The number of ketones is 1. The molecule has 10 heteroatoms. The molecule has 188 valence electrons. The van der Waals surface area contributed by atoms with E-state index in [1.54, 1.807) is 10.9 Å². The van der Waals surface area contributed by atoms with Crippen LogP contribution in [0.15, 0.2) is 36.7 Å². The number of nitrogens with zero attached hydrogens (tertiary/aromatic N) is 6. The number of hydrogen-bond donors (Lipinski definition) is 1. The molecular formula is C26H30FN7O2. The largest absolute Gasteiger partial charge is 0.368 e. The minimum atomic E-state index is -0.440. The Morgan fingerprint density at radius 3 is 2.94 bits per heavy atom. The van der Waals surface area contributed by atoms with Crippen LogP contribution in [0, 0.1) is 12.8 Å². The number of anilines is 3. The van der Waals surface area contributed by atoms with Gasteiger partial charge in [0.05, 0.1) is 24.8 Å². The Morgan fingerprint density at radius 2 is 2.17 bits per heavy atom. The summed E-state index contributed by atoms with van der Waals surface area (Å²) >= 11 is 0. The molecule has 3 aliphatic rings. The number of hydroxylamine groups is 2. The van der Waals surface area contributed by atoms with Crippen LogP contribution in [0.3, 0.4) is 0 Å². The van der Waals surface area contributed by atoms with Gasteiger partial charge in [-0.1, -0.05) is 0 Å². The highest BCUT2D eigenvalue weighted by Gasteiger charge is 2.40. The van der Waals surface area contributed by atoms with Crippen molar-refractivity contribution in [2.75, 3.05) is 43.1 Å². The van der Waals surface area contributed by atoms with Gasteiger partial charge in [0.15, 0.2) is 5.82 Å². The van der Waals surface area contributed by atoms with E-state index in [1.807, 2.05) is 47.3 Å². The molecule has 2 aliphatic heterocycles. The summed E-state index contributed by atoms with van der Waals surface area (Å²) in [6, 6.07) is 7.69. The summed E-state index contributed by atoms with van der Waals surface area (Å²) in [4.78, 5) is 29.6. The molecule has 2 aromatic heterocycles. The molecular weight excluding hydrogens is 461 g/mol. The Bertz CT molecular complexity index is 1270. The van der Waals surface area contributed by atoms with Crippen molar-refractivity contribution in [2.45, 2.75) is 38.6 Å². The van der Waals surface area contributed by atoms with Gasteiger partial charge in [-0.3, -0.25) is 9.63 Å². The zero-order valence-corrected chi connectivity index (χ0v) is 20.4. The molecule has 1 saturated heterocycles. The molecule has 1 atom stereocenters. The molecule has 1 aliphatic carbocycles. The molecule has 1 saturated carbocycles. The Hall–Kier alpha value is -3.37. The van der Waals surface area contributed by atoms with Crippen LogP contribution in [0.5, 0.6) is 0 Å². The quantitative estimate of drug-likeness (QED) is 0.485. The minimum absolute atomic E-state index is 0.157. The van der Waals surface area contributed by atoms with E-state index >= 15 is 0 Å². The number of nitrogens with one attached hydrogen (secondary N) is 1. The molecule has 0 spiro atoms. The smallest absolute Gasteiger partial charge is 0.229 e. The number of aryl methyl sites for hydroxylation is 1. The number of alkyl halides is 1. The first-order valence-corrected chi connectivity index (χ1v) is 12.6. The number of Topliss-reactive ketones (excluding diaryl/α,β-unsaturated/α-hetero) is 1. The van der Waals surface area contributed by atoms with Crippen LogP contribution in [0.4, 0.5) is 21.7 Å². The maximum Gasteiger partial charge on any atom is 0.229 e. The lowest BCUT2D eigenvalue weighted by molar-refractivity contribution is -0.121. The van der Waals surface area contributed by atoms with Crippen LogP contribution in [0.2, 0.25) is 0 Å². The predicted molar refractivity (Wildman–Crippen MR) is 133 cm³/mol. The SMILES string of the molecule is Cc1nn(-c2ccnc(Nc3ccc4c(c3)C(C(=O)C3CC3)CN4CCF)n2)cc1CN1CCCO1. The third kappa shape index (κ3) is 4.58. The summed E-state index contributed by atoms with van der Waals surface area (Å²) in [7, 11) is 0. The van der Waals surface area contributed by atoms with E-state index in [-0.39, 0.29) is 17.6 Å². The average molecular weight is 492 g/mol. The van der Waals surface area contributed by atoms with Crippen LogP contribution in [-0.2, 0) is 16.2 Å². The molecule has 0 amide bonds. The van der Waals surface area contributed by atoms with Gasteiger partial charge in [0.25, 0.3) is 0 Å². The minimum Gasteiger partial charge on any atom is -0.368 e. The van der Waals surface area contributed by atoms with Crippen molar-refractivity contribution in [3.05, 3.63) is 53.5 Å². The molecule has 6 rings (SSSR count). The number of benzene rings is 1. The third-order valence-corrected chi connectivity index (χ3v) is 7.13. The fourth-order valence-electron chi connectivity index (χ4n) is 5.07. The van der Waals surface area contributed by atoms with E-state index in [9.17, 15) is 9.18 Å². The van der Waals surface area contributed by atoms with Gasteiger partial charge in [-0.15, -0.1) is 0 Å². The van der Waals surface area contributed by atoms with Crippen LogP contribution >= 0.6 is 0 Å². The lowest BCUT2D eigenvalue weighted by atomic mass is 9.94. The van der Waals surface area contributed by atoms with Gasteiger partial charge in [0.2, 0.25) is 5.95 Å². The van der Waals surface area contributed by atoms with Crippen molar-refractivity contribution >= 4 is 23.1 Å². The highest BCUT2D eigenvalue weighted by atomic mass is 19.1. The van der Waals surface area contributed by atoms with E-state index < -0.39 is 6.67 Å². The summed E-state index contributed by atoms with van der Waals surface area (Å²) in [5.41, 5.74) is 4.71. The molecule has 9 nitrogen and oxygen atoms in total. The fraction of sp³-hybridized carbons (Fsp3) is 0.462. The zero-order chi connectivity index (χ0) is 24.6. The van der Waals surface area contributed by atoms with Crippen molar-refractivity contribution < 1.29 is 14.0 Å². The fourth-order valence-corrected chi connectivity index (χ4v) is 5.07. The normalized spacial score (nSPS) is 19.6. The summed E-state index contributed by atoms with van der Waals surface area (Å²) < 4.78 is 14.9. The summed E-state index contributed by atoms with van der Waals surface area (Å²) in [5, 5.41) is 9.88. The number of fused-ring (bicyclic) bond motifs is 1. The molecule has 1 unspecified atom stereocenters. The van der Waals surface area contributed by atoms with Crippen LogP contribution < -0.4 is 10.2 Å². The predicted octanol–water partition coefficient (Wildman–Crippen LogP) is 3.70. The van der Waals surface area contributed by atoms with Crippen molar-refractivity contribution in [3.8, 4) is 5.82 Å². The number of rotatable bonds is 9. The van der Waals surface area contributed by atoms with Gasteiger partial charge < -0.3 is 10.2 Å². The molecule has 2 fully saturated rings. The topological polar surface area (TPSA) is 88.4 Å². The average Bonchev–Trinajstić information content (AvgIpc) is 3.32. The van der Waals surface area contributed by atoms with Crippen LogP contribution in [-0.4, -0.2) is 63.5 Å². The molecule has 0 radical (unpaired) electrons. The second-order valence-corrected chi connectivity index (χ2v) is 9.74. The van der Waals surface area contributed by atoms with Gasteiger partial charge in [0, 0.05) is 61.0 Å².